The fourth-order valence-corrected chi connectivity index (χ4v) is 5.44. The van der Waals surface area contributed by atoms with Gasteiger partial charge in [0.1, 0.15) is 0 Å². The fraction of sp³-hybridized carbons (Fsp3) is 0.824. The maximum absolute atomic E-state index is 12.3. The van der Waals surface area contributed by atoms with Crippen molar-refractivity contribution in [3.05, 3.63) is 24.3 Å². The van der Waals surface area contributed by atoms with Gasteiger partial charge in [0.05, 0.1) is 0 Å². The van der Waals surface area contributed by atoms with Crippen molar-refractivity contribution in [2.45, 2.75) is 180 Å². The van der Waals surface area contributed by atoms with E-state index in [0.29, 0.717) is 12.8 Å². The molecule has 2 amide bonds. The lowest BCUT2D eigenvalue weighted by molar-refractivity contribution is -0.122. The van der Waals surface area contributed by atoms with E-state index in [9.17, 15) is 9.59 Å². The Bertz CT molecular complexity index is 628. The van der Waals surface area contributed by atoms with Gasteiger partial charge >= 0.3 is 0 Å². The number of amides is 2. The Morgan fingerprint density at radius 3 is 1.42 bits per heavy atom. The summed E-state index contributed by atoms with van der Waals surface area (Å²) in [6, 6.07) is 0.460. The summed E-state index contributed by atoms with van der Waals surface area (Å²) in [5.41, 5.74) is 0. The van der Waals surface area contributed by atoms with Crippen molar-refractivity contribution < 1.29 is 9.59 Å². The second-order valence-electron chi connectivity index (χ2n) is 11.6. The molecular formula is C34H62N2O2. The van der Waals surface area contributed by atoms with E-state index in [4.69, 9.17) is 0 Å². The molecule has 0 aliphatic heterocycles. The first-order valence-corrected chi connectivity index (χ1v) is 16.5. The third-order valence-corrected chi connectivity index (χ3v) is 7.84. The zero-order valence-corrected chi connectivity index (χ0v) is 25.3. The molecule has 1 saturated carbocycles. The highest BCUT2D eigenvalue weighted by atomic mass is 16.2. The lowest BCUT2D eigenvalue weighted by Crippen LogP contribution is -2.37. The third kappa shape index (κ3) is 21.4. The summed E-state index contributed by atoms with van der Waals surface area (Å²) >= 11 is 0. The van der Waals surface area contributed by atoms with E-state index >= 15 is 0 Å². The molecule has 1 fully saturated rings. The maximum Gasteiger partial charge on any atom is 0.220 e. The van der Waals surface area contributed by atoms with Crippen LogP contribution in [0.25, 0.3) is 0 Å². The highest BCUT2D eigenvalue weighted by Gasteiger charge is 2.26. The minimum atomic E-state index is 0.184. The molecule has 0 radical (unpaired) electrons. The Kier molecular flexibility index (Phi) is 23.3. The van der Waals surface area contributed by atoms with Crippen molar-refractivity contribution in [2.24, 2.45) is 0 Å². The van der Waals surface area contributed by atoms with Crippen LogP contribution >= 0.6 is 0 Å². The average Bonchev–Trinajstić information content (AvgIpc) is 3.34. The van der Waals surface area contributed by atoms with Crippen LogP contribution in [0, 0.1) is 0 Å². The zero-order valence-electron chi connectivity index (χ0n) is 25.3. The number of carbonyl (C=O) groups excluding carboxylic acids is 2. The van der Waals surface area contributed by atoms with Gasteiger partial charge in [0.15, 0.2) is 0 Å². The summed E-state index contributed by atoms with van der Waals surface area (Å²) in [5, 5.41) is 6.40. The van der Waals surface area contributed by atoms with Gasteiger partial charge in [0.25, 0.3) is 0 Å². The van der Waals surface area contributed by atoms with Crippen LogP contribution in [0.1, 0.15) is 168 Å². The molecule has 1 aliphatic carbocycles. The van der Waals surface area contributed by atoms with Crippen LogP contribution < -0.4 is 10.6 Å². The molecule has 38 heavy (non-hydrogen) atoms. The van der Waals surface area contributed by atoms with Crippen molar-refractivity contribution in [1.29, 1.82) is 0 Å². The van der Waals surface area contributed by atoms with Gasteiger partial charge in [-0.05, 0) is 77.6 Å². The van der Waals surface area contributed by atoms with Crippen LogP contribution in [0.3, 0.4) is 0 Å². The predicted molar refractivity (Wildman–Crippen MR) is 164 cm³/mol. The molecule has 0 saturated heterocycles. The molecule has 0 aromatic carbocycles. The van der Waals surface area contributed by atoms with Crippen molar-refractivity contribution in [1.82, 2.24) is 10.6 Å². The van der Waals surface area contributed by atoms with Crippen molar-refractivity contribution >= 4 is 11.8 Å². The first kappa shape index (κ1) is 34.4. The standard InChI is InChI=1S/C34H62N2O2/c1-3-5-7-9-11-13-14-15-16-17-18-19-21-23-25-27-34(38)36-32-29-28-31(30-32)35-33(37)26-24-22-20-12-10-8-6-4-2/h4,6,15-16,31-32H,3,5,7-14,17-30H2,1-2H3,(H,35,37)(H,36,38). The molecule has 0 aromatic rings. The number of unbranched alkanes of at least 4 members (excludes halogenated alkanes) is 16. The van der Waals surface area contributed by atoms with Crippen LogP contribution in [0.4, 0.5) is 0 Å². The Morgan fingerprint density at radius 2 is 0.974 bits per heavy atom. The first-order valence-electron chi connectivity index (χ1n) is 16.5. The van der Waals surface area contributed by atoms with Crippen molar-refractivity contribution in [2.75, 3.05) is 0 Å². The zero-order chi connectivity index (χ0) is 27.5. The van der Waals surface area contributed by atoms with Gasteiger partial charge in [-0.3, -0.25) is 9.59 Å². The molecule has 1 aliphatic rings. The van der Waals surface area contributed by atoms with Gasteiger partial charge in [0, 0.05) is 24.9 Å². The van der Waals surface area contributed by atoms with E-state index in [1.165, 1.54) is 96.3 Å². The molecule has 220 valence electrons. The lowest BCUT2D eigenvalue weighted by atomic mass is 10.1. The average molecular weight is 531 g/mol. The Labute approximate surface area is 236 Å². The number of rotatable bonds is 25. The Morgan fingerprint density at radius 1 is 0.579 bits per heavy atom. The van der Waals surface area contributed by atoms with E-state index in [1.807, 2.05) is 0 Å². The second-order valence-corrected chi connectivity index (χ2v) is 11.6. The van der Waals surface area contributed by atoms with Gasteiger partial charge < -0.3 is 10.6 Å². The monoisotopic (exact) mass is 530 g/mol. The molecular weight excluding hydrogens is 468 g/mol. The van der Waals surface area contributed by atoms with Crippen molar-refractivity contribution in [3.8, 4) is 0 Å². The Balaban J connectivity index is 1.91. The van der Waals surface area contributed by atoms with Gasteiger partial charge in [-0.2, -0.15) is 0 Å². The summed E-state index contributed by atoms with van der Waals surface area (Å²) in [5.74, 6) is 0.373. The predicted octanol–water partition coefficient (Wildman–Crippen LogP) is 9.48. The quantitative estimate of drug-likeness (QED) is 0.0912. The molecule has 4 heteroatoms. The molecule has 0 spiro atoms. The number of nitrogens with one attached hydrogen (secondary N) is 2. The first-order chi connectivity index (χ1) is 18.7. The minimum absolute atomic E-state index is 0.184. The summed E-state index contributed by atoms with van der Waals surface area (Å²) in [6.07, 6.45) is 36.8. The highest BCUT2D eigenvalue weighted by Crippen LogP contribution is 2.20. The summed E-state index contributed by atoms with van der Waals surface area (Å²) in [6.45, 7) is 4.34. The second kappa shape index (κ2) is 25.7. The van der Waals surface area contributed by atoms with Crippen molar-refractivity contribution in [3.63, 3.8) is 0 Å². The number of hydrogen-bond acceptors (Lipinski definition) is 2. The SMILES string of the molecule is CC=CCCCCCCCC(=O)NC1CCC(NC(=O)CCCCCCCC=CCCCCCCCC)C1. The van der Waals surface area contributed by atoms with Gasteiger partial charge in [-0.1, -0.05) is 102 Å². The van der Waals surface area contributed by atoms with Crippen LogP contribution in [0.15, 0.2) is 24.3 Å². The van der Waals surface area contributed by atoms with E-state index in [-0.39, 0.29) is 23.9 Å². The summed E-state index contributed by atoms with van der Waals surface area (Å²) in [7, 11) is 0. The molecule has 2 atom stereocenters. The van der Waals surface area contributed by atoms with Crippen LogP contribution in [-0.4, -0.2) is 23.9 Å². The van der Waals surface area contributed by atoms with Gasteiger partial charge in [0.2, 0.25) is 11.8 Å². The smallest absolute Gasteiger partial charge is 0.220 e. The lowest BCUT2D eigenvalue weighted by Gasteiger charge is -2.15. The van der Waals surface area contributed by atoms with Crippen LogP contribution in [-0.2, 0) is 9.59 Å². The van der Waals surface area contributed by atoms with Gasteiger partial charge in [-0.25, -0.2) is 0 Å². The van der Waals surface area contributed by atoms with E-state index in [2.05, 4.69) is 48.8 Å². The van der Waals surface area contributed by atoms with E-state index < -0.39 is 0 Å². The highest BCUT2D eigenvalue weighted by molar-refractivity contribution is 5.77. The normalized spacial score (nSPS) is 17.5. The summed E-state index contributed by atoms with van der Waals surface area (Å²) < 4.78 is 0. The molecule has 0 bridgehead atoms. The van der Waals surface area contributed by atoms with Crippen LogP contribution in [0.2, 0.25) is 0 Å². The van der Waals surface area contributed by atoms with E-state index in [0.717, 1.165) is 44.9 Å². The fourth-order valence-electron chi connectivity index (χ4n) is 5.44. The summed E-state index contributed by atoms with van der Waals surface area (Å²) in [4.78, 5) is 24.6. The molecule has 1 rings (SSSR count). The molecule has 0 aromatic heterocycles. The molecule has 0 heterocycles. The van der Waals surface area contributed by atoms with Crippen LogP contribution in [0.5, 0.6) is 0 Å². The Hall–Kier alpha value is -1.58. The largest absolute Gasteiger partial charge is 0.353 e. The van der Waals surface area contributed by atoms with E-state index in [1.54, 1.807) is 0 Å². The van der Waals surface area contributed by atoms with Gasteiger partial charge in [-0.15, -0.1) is 0 Å². The molecule has 2 N–H and O–H groups in total. The maximum atomic E-state index is 12.3. The molecule has 2 unspecified atom stereocenters. The number of hydrogen-bond donors (Lipinski definition) is 2. The topological polar surface area (TPSA) is 58.2 Å². The minimum Gasteiger partial charge on any atom is -0.353 e. The molecule has 4 nitrogen and oxygen atoms in total. The number of carbonyl (C=O) groups is 2. The number of allylic oxidation sites excluding steroid dienone is 4. The third-order valence-electron chi connectivity index (χ3n) is 7.84.